The first-order chi connectivity index (χ1) is 5.34. The molecule has 1 nitrogen and oxygen atoms in total. The van der Waals surface area contributed by atoms with Gasteiger partial charge >= 0.3 is 0 Å². The maximum absolute atomic E-state index is 9.53. The van der Waals surface area contributed by atoms with E-state index in [2.05, 4.69) is 5.92 Å². The zero-order valence-electron chi connectivity index (χ0n) is 6.92. The summed E-state index contributed by atoms with van der Waals surface area (Å²) in [7, 11) is 0. The summed E-state index contributed by atoms with van der Waals surface area (Å²) in [4.78, 5) is 0. The predicted molar refractivity (Wildman–Crippen MR) is 46.0 cm³/mol. The van der Waals surface area contributed by atoms with Gasteiger partial charge in [0, 0.05) is 6.42 Å². The predicted octanol–water partition coefficient (Wildman–Crippen LogP) is 1.95. The maximum Gasteiger partial charge on any atom is 0.0568 e. The zero-order valence-corrected chi connectivity index (χ0v) is 6.92. The molecule has 0 saturated heterocycles. The lowest BCUT2D eigenvalue weighted by atomic mass is 9.84. The third-order valence-electron chi connectivity index (χ3n) is 2.53. The minimum atomic E-state index is -0.0721. The van der Waals surface area contributed by atoms with Gasteiger partial charge in [0.05, 0.1) is 6.10 Å². The number of aliphatic hydroxyl groups excluding tert-OH is 1. The Labute approximate surface area is 68.8 Å². The van der Waals surface area contributed by atoms with E-state index in [0.717, 1.165) is 19.3 Å². The monoisotopic (exact) mass is 152 g/mol. The highest BCUT2D eigenvalue weighted by Gasteiger charge is 2.21. The van der Waals surface area contributed by atoms with Gasteiger partial charge in [-0.3, -0.25) is 0 Å². The summed E-state index contributed by atoms with van der Waals surface area (Å²) >= 11 is 0. The van der Waals surface area contributed by atoms with Crippen molar-refractivity contribution in [3.05, 3.63) is 0 Å². The standard InChI is InChI=1S/C10H16O/c1-2-3-6-9-7-4-5-8-10(9)11/h1,9-11H,3-8H2/t9-,10-/m1/s1. The highest BCUT2D eigenvalue weighted by Crippen LogP contribution is 2.27. The van der Waals surface area contributed by atoms with Crippen molar-refractivity contribution < 1.29 is 5.11 Å². The molecule has 0 heterocycles. The van der Waals surface area contributed by atoms with E-state index >= 15 is 0 Å². The first-order valence-corrected chi connectivity index (χ1v) is 4.46. The van der Waals surface area contributed by atoms with Crippen molar-refractivity contribution in [1.82, 2.24) is 0 Å². The van der Waals surface area contributed by atoms with Crippen LogP contribution in [0, 0.1) is 18.3 Å². The summed E-state index contributed by atoms with van der Waals surface area (Å²) in [6, 6.07) is 0. The van der Waals surface area contributed by atoms with Crippen LogP contribution in [0.5, 0.6) is 0 Å². The Balaban J connectivity index is 2.25. The van der Waals surface area contributed by atoms with Crippen LogP contribution in [0.3, 0.4) is 0 Å². The maximum atomic E-state index is 9.53. The van der Waals surface area contributed by atoms with Crippen LogP contribution < -0.4 is 0 Å². The molecule has 0 radical (unpaired) electrons. The number of rotatable bonds is 2. The van der Waals surface area contributed by atoms with Crippen LogP contribution in [-0.2, 0) is 0 Å². The molecule has 0 aromatic rings. The third kappa shape index (κ3) is 2.55. The molecule has 11 heavy (non-hydrogen) atoms. The van der Waals surface area contributed by atoms with Gasteiger partial charge in [-0.2, -0.15) is 0 Å². The van der Waals surface area contributed by atoms with Crippen molar-refractivity contribution in [2.24, 2.45) is 5.92 Å². The topological polar surface area (TPSA) is 20.2 Å². The lowest BCUT2D eigenvalue weighted by molar-refractivity contribution is 0.0662. The highest BCUT2D eigenvalue weighted by molar-refractivity contribution is 4.86. The van der Waals surface area contributed by atoms with E-state index < -0.39 is 0 Å². The lowest BCUT2D eigenvalue weighted by Crippen LogP contribution is -2.24. The van der Waals surface area contributed by atoms with E-state index in [1.54, 1.807) is 0 Å². The minimum absolute atomic E-state index is 0.0721. The van der Waals surface area contributed by atoms with Gasteiger partial charge in [-0.15, -0.1) is 12.3 Å². The van der Waals surface area contributed by atoms with E-state index in [4.69, 9.17) is 6.42 Å². The number of aliphatic hydroxyl groups is 1. The van der Waals surface area contributed by atoms with Crippen molar-refractivity contribution in [2.75, 3.05) is 0 Å². The molecule has 2 atom stereocenters. The van der Waals surface area contributed by atoms with Crippen LogP contribution in [0.2, 0.25) is 0 Å². The molecule has 1 fully saturated rings. The van der Waals surface area contributed by atoms with Crippen molar-refractivity contribution in [3.63, 3.8) is 0 Å². The second kappa shape index (κ2) is 4.41. The smallest absolute Gasteiger partial charge is 0.0568 e. The molecule has 1 heteroatoms. The van der Waals surface area contributed by atoms with Crippen molar-refractivity contribution in [1.29, 1.82) is 0 Å². The van der Waals surface area contributed by atoms with Gasteiger partial charge in [0.25, 0.3) is 0 Å². The van der Waals surface area contributed by atoms with E-state index in [0.29, 0.717) is 5.92 Å². The molecule has 1 aliphatic rings. The SMILES string of the molecule is C#CCC[C@@H]1CCCC[C@H]1O. The molecular formula is C10H16O. The number of hydrogen-bond acceptors (Lipinski definition) is 1. The van der Waals surface area contributed by atoms with Crippen LogP contribution >= 0.6 is 0 Å². The molecule has 0 unspecified atom stereocenters. The average Bonchev–Trinajstić information content (AvgIpc) is 2.03. The van der Waals surface area contributed by atoms with Crippen molar-refractivity contribution >= 4 is 0 Å². The Bertz CT molecular complexity index is 145. The minimum Gasteiger partial charge on any atom is -0.393 e. The first kappa shape index (κ1) is 8.62. The Morgan fingerprint density at radius 3 is 2.73 bits per heavy atom. The summed E-state index contributed by atoms with van der Waals surface area (Å²) in [5.74, 6) is 3.11. The van der Waals surface area contributed by atoms with Crippen LogP contribution in [0.1, 0.15) is 38.5 Å². The van der Waals surface area contributed by atoms with Crippen molar-refractivity contribution in [3.8, 4) is 12.3 Å². The molecule has 62 valence electrons. The van der Waals surface area contributed by atoms with Gasteiger partial charge in [-0.1, -0.05) is 12.8 Å². The summed E-state index contributed by atoms with van der Waals surface area (Å²) in [6.07, 6.45) is 11.5. The number of hydrogen-bond donors (Lipinski definition) is 1. The molecule has 0 spiro atoms. The Kier molecular flexibility index (Phi) is 3.45. The lowest BCUT2D eigenvalue weighted by Gasteiger charge is -2.26. The third-order valence-corrected chi connectivity index (χ3v) is 2.53. The zero-order chi connectivity index (χ0) is 8.10. The van der Waals surface area contributed by atoms with Gasteiger partial charge in [0.2, 0.25) is 0 Å². The van der Waals surface area contributed by atoms with Gasteiger partial charge in [-0.05, 0) is 25.2 Å². The molecule has 1 aliphatic carbocycles. The molecule has 0 bridgehead atoms. The second-order valence-corrected chi connectivity index (χ2v) is 3.35. The van der Waals surface area contributed by atoms with Crippen LogP contribution in [0.4, 0.5) is 0 Å². The Morgan fingerprint density at radius 2 is 2.09 bits per heavy atom. The quantitative estimate of drug-likeness (QED) is 0.600. The van der Waals surface area contributed by atoms with Gasteiger partial charge in [-0.25, -0.2) is 0 Å². The molecule has 0 aliphatic heterocycles. The fourth-order valence-electron chi connectivity index (χ4n) is 1.79. The van der Waals surface area contributed by atoms with E-state index in [1.165, 1.54) is 19.3 Å². The van der Waals surface area contributed by atoms with Crippen LogP contribution in [0.25, 0.3) is 0 Å². The highest BCUT2D eigenvalue weighted by atomic mass is 16.3. The fraction of sp³-hybridized carbons (Fsp3) is 0.800. The molecule has 0 aromatic carbocycles. The molecule has 0 aromatic heterocycles. The fourth-order valence-corrected chi connectivity index (χ4v) is 1.79. The number of terminal acetylenes is 1. The van der Waals surface area contributed by atoms with Gasteiger partial charge in [0.15, 0.2) is 0 Å². The average molecular weight is 152 g/mol. The van der Waals surface area contributed by atoms with E-state index in [9.17, 15) is 5.11 Å². The molecule has 1 rings (SSSR count). The first-order valence-electron chi connectivity index (χ1n) is 4.46. The van der Waals surface area contributed by atoms with Crippen LogP contribution in [-0.4, -0.2) is 11.2 Å². The molecular weight excluding hydrogens is 136 g/mol. The Hall–Kier alpha value is -0.480. The Morgan fingerprint density at radius 1 is 1.36 bits per heavy atom. The summed E-state index contributed by atoms with van der Waals surface area (Å²) in [5.41, 5.74) is 0. The molecule has 1 saturated carbocycles. The molecule has 0 amide bonds. The van der Waals surface area contributed by atoms with Crippen LogP contribution in [0.15, 0.2) is 0 Å². The largest absolute Gasteiger partial charge is 0.393 e. The second-order valence-electron chi connectivity index (χ2n) is 3.35. The molecule has 1 N–H and O–H groups in total. The summed E-state index contributed by atoms with van der Waals surface area (Å²) < 4.78 is 0. The normalized spacial score (nSPS) is 31.3. The van der Waals surface area contributed by atoms with E-state index in [-0.39, 0.29) is 6.10 Å². The van der Waals surface area contributed by atoms with Gasteiger partial charge in [0.1, 0.15) is 0 Å². The van der Waals surface area contributed by atoms with Crippen molar-refractivity contribution in [2.45, 2.75) is 44.6 Å². The summed E-state index contributed by atoms with van der Waals surface area (Å²) in [6.45, 7) is 0. The van der Waals surface area contributed by atoms with E-state index in [1.807, 2.05) is 0 Å². The summed E-state index contributed by atoms with van der Waals surface area (Å²) in [5, 5.41) is 9.53. The van der Waals surface area contributed by atoms with Gasteiger partial charge < -0.3 is 5.11 Å².